The highest BCUT2D eigenvalue weighted by atomic mass is 16.6. The standard InChI is InChI=1S/C21H21N3O3/c25-24(26)18-10-9-17(23-13-5-2-6-14-23)20-19(11-12-22-21(18)20)27-15-16-7-3-1-4-8-16/h1,3-4,7-12H,2,5-6,13-15H2. The Morgan fingerprint density at radius 1 is 1.04 bits per heavy atom. The van der Waals surface area contributed by atoms with Gasteiger partial charge in [-0.05, 0) is 37.0 Å². The van der Waals surface area contributed by atoms with Crippen LogP contribution >= 0.6 is 0 Å². The fourth-order valence-corrected chi connectivity index (χ4v) is 3.61. The average molecular weight is 363 g/mol. The number of anilines is 1. The Kier molecular flexibility index (Phi) is 4.87. The molecule has 1 aromatic heterocycles. The molecule has 0 radical (unpaired) electrons. The number of hydrogen-bond donors (Lipinski definition) is 0. The number of ether oxygens (including phenoxy) is 1. The van der Waals surface area contributed by atoms with Crippen molar-refractivity contribution in [3.8, 4) is 5.75 Å². The zero-order valence-corrected chi connectivity index (χ0v) is 15.0. The predicted molar refractivity (Wildman–Crippen MR) is 105 cm³/mol. The zero-order valence-electron chi connectivity index (χ0n) is 15.0. The van der Waals surface area contributed by atoms with E-state index >= 15 is 0 Å². The predicted octanol–water partition coefficient (Wildman–Crippen LogP) is 4.71. The third-order valence-electron chi connectivity index (χ3n) is 4.94. The summed E-state index contributed by atoms with van der Waals surface area (Å²) >= 11 is 0. The molecule has 2 heterocycles. The van der Waals surface area contributed by atoms with Crippen molar-refractivity contribution in [2.24, 2.45) is 0 Å². The molecule has 0 aliphatic carbocycles. The van der Waals surface area contributed by atoms with Gasteiger partial charge < -0.3 is 9.64 Å². The zero-order chi connectivity index (χ0) is 18.6. The van der Waals surface area contributed by atoms with Crippen LogP contribution in [0.4, 0.5) is 11.4 Å². The van der Waals surface area contributed by atoms with E-state index in [1.165, 1.54) is 6.42 Å². The van der Waals surface area contributed by atoms with Gasteiger partial charge in [0.15, 0.2) is 5.52 Å². The molecule has 0 spiro atoms. The molecule has 1 aliphatic heterocycles. The van der Waals surface area contributed by atoms with E-state index in [0.29, 0.717) is 17.9 Å². The van der Waals surface area contributed by atoms with Crippen molar-refractivity contribution in [2.45, 2.75) is 25.9 Å². The molecule has 1 fully saturated rings. The van der Waals surface area contributed by atoms with Crippen LogP contribution in [0.25, 0.3) is 10.9 Å². The lowest BCUT2D eigenvalue weighted by Gasteiger charge is -2.30. The van der Waals surface area contributed by atoms with E-state index < -0.39 is 0 Å². The normalized spacial score (nSPS) is 14.3. The maximum absolute atomic E-state index is 11.5. The molecular weight excluding hydrogens is 342 g/mol. The van der Waals surface area contributed by atoms with Crippen LogP contribution in [-0.2, 0) is 6.61 Å². The largest absolute Gasteiger partial charge is 0.488 e. The third-order valence-corrected chi connectivity index (χ3v) is 4.94. The molecule has 0 atom stereocenters. The van der Waals surface area contributed by atoms with Gasteiger partial charge in [-0.1, -0.05) is 30.3 Å². The van der Waals surface area contributed by atoms with Crippen LogP contribution in [0.3, 0.4) is 0 Å². The number of non-ortho nitro benzene ring substituents is 1. The molecule has 0 saturated carbocycles. The summed E-state index contributed by atoms with van der Waals surface area (Å²) < 4.78 is 6.08. The number of rotatable bonds is 5. The van der Waals surface area contributed by atoms with E-state index in [0.717, 1.165) is 42.6 Å². The van der Waals surface area contributed by atoms with Gasteiger partial charge in [-0.25, -0.2) is 4.98 Å². The Hall–Kier alpha value is -3.15. The molecule has 6 nitrogen and oxygen atoms in total. The topological polar surface area (TPSA) is 68.5 Å². The van der Waals surface area contributed by atoms with Crippen LogP contribution in [0, 0.1) is 10.1 Å². The van der Waals surface area contributed by atoms with Crippen LogP contribution in [-0.4, -0.2) is 23.0 Å². The number of benzene rings is 2. The van der Waals surface area contributed by atoms with Gasteiger partial charge in [-0.2, -0.15) is 0 Å². The number of aromatic nitrogens is 1. The highest BCUT2D eigenvalue weighted by molar-refractivity contribution is 6.01. The molecule has 2 aromatic carbocycles. The number of nitrogens with zero attached hydrogens (tertiary/aromatic N) is 3. The van der Waals surface area contributed by atoms with E-state index in [1.54, 1.807) is 18.3 Å². The quantitative estimate of drug-likeness (QED) is 0.485. The monoisotopic (exact) mass is 363 g/mol. The molecule has 0 N–H and O–H groups in total. The molecule has 0 unspecified atom stereocenters. The number of fused-ring (bicyclic) bond motifs is 1. The maximum Gasteiger partial charge on any atom is 0.295 e. The first-order valence-corrected chi connectivity index (χ1v) is 9.22. The van der Waals surface area contributed by atoms with E-state index in [1.807, 2.05) is 36.4 Å². The average Bonchev–Trinajstić information content (AvgIpc) is 2.72. The molecule has 1 saturated heterocycles. The van der Waals surface area contributed by atoms with Gasteiger partial charge in [0, 0.05) is 25.4 Å². The van der Waals surface area contributed by atoms with Gasteiger partial charge in [0.05, 0.1) is 16.0 Å². The van der Waals surface area contributed by atoms with Crippen molar-refractivity contribution in [3.63, 3.8) is 0 Å². The second kappa shape index (κ2) is 7.61. The van der Waals surface area contributed by atoms with Gasteiger partial charge in [0.2, 0.25) is 0 Å². The SMILES string of the molecule is O=[N+]([O-])c1ccc(N2CCCCC2)c2c(OCc3ccccc3)ccnc12. The molecule has 3 aromatic rings. The number of piperidine rings is 1. The van der Waals surface area contributed by atoms with Crippen LogP contribution in [0.15, 0.2) is 54.7 Å². The molecular formula is C21H21N3O3. The summed E-state index contributed by atoms with van der Waals surface area (Å²) in [6.45, 7) is 2.29. The molecule has 6 heteroatoms. The first-order valence-electron chi connectivity index (χ1n) is 9.22. The Morgan fingerprint density at radius 3 is 2.56 bits per heavy atom. The van der Waals surface area contributed by atoms with Crippen molar-refractivity contribution < 1.29 is 9.66 Å². The van der Waals surface area contributed by atoms with Crippen molar-refractivity contribution in [1.29, 1.82) is 0 Å². The maximum atomic E-state index is 11.5. The van der Waals surface area contributed by atoms with Gasteiger partial charge in [-0.3, -0.25) is 10.1 Å². The van der Waals surface area contributed by atoms with E-state index in [4.69, 9.17) is 4.74 Å². The van der Waals surface area contributed by atoms with Gasteiger partial charge in [0.1, 0.15) is 12.4 Å². The summed E-state index contributed by atoms with van der Waals surface area (Å²) in [6.07, 6.45) is 5.05. The number of nitro groups is 1. The first kappa shape index (κ1) is 17.3. The lowest BCUT2D eigenvalue weighted by atomic mass is 10.1. The fraction of sp³-hybridized carbons (Fsp3) is 0.286. The summed E-state index contributed by atoms with van der Waals surface area (Å²) in [5.41, 5.74) is 2.41. The summed E-state index contributed by atoms with van der Waals surface area (Å²) in [6, 6.07) is 15.1. The molecule has 1 aliphatic rings. The van der Waals surface area contributed by atoms with Crippen molar-refractivity contribution in [2.75, 3.05) is 18.0 Å². The van der Waals surface area contributed by atoms with Gasteiger partial charge in [-0.15, -0.1) is 0 Å². The molecule has 0 amide bonds. The Bertz CT molecular complexity index is 954. The highest BCUT2D eigenvalue weighted by Crippen LogP contribution is 2.39. The number of pyridine rings is 1. The highest BCUT2D eigenvalue weighted by Gasteiger charge is 2.23. The lowest BCUT2D eigenvalue weighted by Crippen LogP contribution is -2.29. The van der Waals surface area contributed by atoms with E-state index in [-0.39, 0.29) is 10.6 Å². The van der Waals surface area contributed by atoms with Crippen LogP contribution in [0.2, 0.25) is 0 Å². The van der Waals surface area contributed by atoms with Gasteiger partial charge in [0.25, 0.3) is 5.69 Å². The Balaban J connectivity index is 1.79. The molecule has 4 rings (SSSR count). The fourth-order valence-electron chi connectivity index (χ4n) is 3.61. The summed E-state index contributed by atoms with van der Waals surface area (Å²) in [5.74, 6) is 0.633. The van der Waals surface area contributed by atoms with Crippen molar-refractivity contribution in [3.05, 3.63) is 70.4 Å². The summed E-state index contributed by atoms with van der Waals surface area (Å²) in [5, 5.41) is 12.2. The third kappa shape index (κ3) is 3.56. The Labute approximate surface area is 157 Å². The summed E-state index contributed by atoms with van der Waals surface area (Å²) in [7, 11) is 0. The van der Waals surface area contributed by atoms with Crippen molar-refractivity contribution in [1.82, 2.24) is 4.98 Å². The number of hydrogen-bond acceptors (Lipinski definition) is 5. The van der Waals surface area contributed by atoms with Crippen LogP contribution < -0.4 is 9.64 Å². The smallest absolute Gasteiger partial charge is 0.295 e. The van der Waals surface area contributed by atoms with Gasteiger partial charge >= 0.3 is 0 Å². The minimum absolute atomic E-state index is 0.0101. The van der Waals surface area contributed by atoms with E-state index in [2.05, 4.69) is 9.88 Å². The van der Waals surface area contributed by atoms with E-state index in [9.17, 15) is 10.1 Å². The molecule has 27 heavy (non-hydrogen) atoms. The second-order valence-electron chi connectivity index (χ2n) is 6.72. The lowest BCUT2D eigenvalue weighted by molar-refractivity contribution is -0.383. The second-order valence-corrected chi connectivity index (χ2v) is 6.72. The molecule has 138 valence electrons. The minimum atomic E-state index is -0.379. The van der Waals surface area contributed by atoms with Crippen LogP contribution in [0.5, 0.6) is 5.75 Å². The summed E-state index contributed by atoms with van der Waals surface area (Å²) in [4.78, 5) is 17.7. The van der Waals surface area contributed by atoms with Crippen LogP contribution in [0.1, 0.15) is 24.8 Å². The minimum Gasteiger partial charge on any atom is -0.488 e. The first-order chi connectivity index (χ1) is 13.2. The van der Waals surface area contributed by atoms with Crippen molar-refractivity contribution >= 4 is 22.3 Å². The number of nitro benzene ring substituents is 1. The Morgan fingerprint density at radius 2 is 1.81 bits per heavy atom. The molecule has 0 bridgehead atoms.